The van der Waals surface area contributed by atoms with Crippen LogP contribution >= 0.6 is 0 Å². The molecule has 1 aliphatic carbocycles. The minimum Gasteiger partial charge on any atom is -0.493 e. The fourth-order valence-corrected chi connectivity index (χ4v) is 5.27. The number of benzene rings is 2. The first kappa shape index (κ1) is 16.1. The van der Waals surface area contributed by atoms with Crippen LogP contribution in [-0.4, -0.2) is 18.7 Å². The molecule has 2 aromatic rings. The van der Waals surface area contributed by atoms with Gasteiger partial charge in [-0.25, -0.2) is 0 Å². The topological polar surface area (TPSA) is 21.3 Å². The summed E-state index contributed by atoms with van der Waals surface area (Å²) >= 11 is 0. The van der Waals surface area contributed by atoms with E-state index < -0.39 is 0 Å². The highest BCUT2D eigenvalue weighted by atomic mass is 16.5. The van der Waals surface area contributed by atoms with Crippen molar-refractivity contribution in [3.8, 4) is 0 Å². The molecule has 0 spiro atoms. The van der Waals surface area contributed by atoms with E-state index in [0.717, 1.165) is 25.8 Å². The molecule has 2 bridgehead atoms. The minimum absolute atomic E-state index is 0.132. The van der Waals surface area contributed by atoms with Crippen LogP contribution in [0, 0.1) is 0 Å². The Kier molecular flexibility index (Phi) is 4.09. The molecule has 0 unspecified atom stereocenters. The maximum Gasteiger partial charge on any atom is 0.115 e. The van der Waals surface area contributed by atoms with E-state index in [9.17, 15) is 0 Å². The fraction of sp³-hybridized carbons (Fsp3) is 0.417. The number of rotatable bonds is 3. The molecule has 0 radical (unpaired) electrons. The molecule has 2 heterocycles. The Labute approximate surface area is 156 Å². The van der Waals surface area contributed by atoms with Crippen LogP contribution in [0.2, 0.25) is 0 Å². The van der Waals surface area contributed by atoms with Crippen molar-refractivity contribution >= 4 is 0 Å². The van der Waals surface area contributed by atoms with Crippen LogP contribution in [0.4, 0.5) is 0 Å². The molecule has 2 aromatic carbocycles. The van der Waals surface area contributed by atoms with Crippen molar-refractivity contribution in [1.82, 2.24) is 5.32 Å². The van der Waals surface area contributed by atoms with Crippen LogP contribution in [0.25, 0.3) is 0 Å². The van der Waals surface area contributed by atoms with Gasteiger partial charge in [-0.1, -0.05) is 60.7 Å². The molecule has 26 heavy (non-hydrogen) atoms. The van der Waals surface area contributed by atoms with Gasteiger partial charge in [0.05, 0.1) is 5.76 Å². The van der Waals surface area contributed by atoms with Crippen LogP contribution in [-0.2, 0) is 16.6 Å². The summed E-state index contributed by atoms with van der Waals surface area (Å²) in [5.41, 5.74) is 4.57. The van der Waals surface area contributed by atoms with Crippen LogP contribution in [0.1, 0.15) is 43.2 Å². The van der Waals surface area contributed by atoms with Crippen molar-refractivity contribution in [2.45, 2.75) is 56.1 Å². The molecule has 1 fully saturated rings. The van der Waals surface area contributed by atoms with Gasteiger partial charge >= 0.3 is 0 Å². The Morgan fingerprint density at radius 1 is 0.923 bits per heavy atom. The van der Waals surface area contributed by atoms with Crippen molar-refractivity contribution in [3.05, 3.63) is 83.1 Å². The van der Waals surface area contributed by atoms with Crippen LogP contribution in [0.15, 0.2) is 72.0 Å². The van der Waals surface area contributed by atoms with Gasteiger partial charge in [0, 0.05) is 30.8 Å². The highest BCUT2D eigenvalue weighted by Gasteiger charge is 2.50. The zero-order valence-corrected chi connectivity index (χ0v) is 15.3. The van der Waals surface area contributed by atoms with Crippen LogP contribution < -0.4 is 5.32 Å². The second kappa shape index (κ2) is 6.59. The maximum absolute atomic E-state index is 6.61. The molecule has 2 heteroatoms. The summed E-state index contributed by atoms with van der Waals surface area (Å²) in [4.78, 5) is 0. The van der Waals surface area contributed by atoms with Gasteiger partial charge in [0.1, 0.15) is 6.10 Å². The van der Waals surface area contributed by atoms with Crippen molar-refractivity contribution in [2.75, 3.05) is 6.54 Å². The number of ether oxygens (including phenoxy) is 1. The normalized spacial score (nSPS) is 30.5. The van der Waals surface area contributed by atoms with Gasteiger partial charge in [-0.05, 0) is 42.4 Å². The fourth-order valence-electron chi connectivity index (χ4n) is 5.27. The van der Waals surface area contributed by atoms with Gasteiger partial charge in [0.15, 0.2) is 0 Å². The zero-order chi connectivity index (χ0) is 17.4. The van der Waals surface area contributed by atoms with Gasteiger partial charge in [-0.2, -0.15) is 0 Å². The van der Waals surface area contributed by atoms with Crippen molar-refractivity contribution in [3.63, 3.8) is 0 Å². The van der Waals surface area contributed by atoms with E-state index in [1.165, 1.54) is 36.1 Å². The number of piperidine rings is 1. The Morgan fingerprint density at radius 2 is 1.65 bits per heavy atom. The Balaban J connectivity index is 1.50. The zero-order valence-electron chi connectivity index (χ0n) is 15.3. The van der Waals surface area contributed by atoms with E-state index in [4.69, 9.17) is 4.74 Å². The molecule has 5 rings (SSSR count). The molecule has 3 atom stereocenters. The van der Waals surface area contributed by atoms with Crippen LogP contribution in [0.3, 0.4) is 0 Å². The number of fused-ring (bicyclic) bond motifs is 3. The van der Waals surface area contributed by atoms with Gasteiger partial charge in [0.2, 0.25) is 0 Å². The molecule has 3 aliphatic rings. The molecule has 1 N–H and O–H groups in total. The predicted octanol–water partition coefficient (Wildman–Crippen LogP) is 4.76. The lowest BCUT2D eigenvalue weighted by atomic mass is 9.63. The number of hydrogen-bond acceptors (Lipinski definition) is 2. The molecule has 134 valence electrons. The maximum atomic E-state index is 6.61. The lowest BCUT2D eigenvalue weighted by Gasteiger charge is -2.52. The first-order chi connectivity index (χ1) is 12.9. The Bertz CT molecular complexity index is 797. The van der Waals surface area contributed by atoms with E-state index in [1.54, 1.807) is 5.57 Å². The van der Waals surface area contributed by atoms with E-state index in [2.05, 4.69) is 66.0 Å². The molecule has 0 amide bonds. The number of hydrogen-bond donors (Lipinski definition) is 1. The lowest BCUT2D eigenvalue weighted by molar-refractivity contribution is -0.00129. The second-order valence-corrected chi connectivity index (χ2v) is 8.09. The van der Waals surface area contributed by atoms with E-state index in [-0.39, 0.29) is 11.5 Å². The first-order valence-corrected chi connectivity index (χ1v) is 10.1. The van der Waals surface area contributed by atoms with E-state index >= 15 is 0 Å². The molecule has 1 saturated heterocycles. The highest BCUT2D eigenvalue weighted by molar-refractivity contribution is 5.42. The Morgan fingerprint density at radius 3 is 2.46 bits per heavy atom. The summed E-state index contributed by atoms with van der Waals surface area (Å²) < 4.78 is 6.61. The predicted molar refractivity (Wildman–Crippen MR) is 105 cm³/mol. The van der Waals surface area contributed by atoms with Crippen molar-refractivity contribution in [1.29, 1.82) is 0 Å². The SMILES string of the molecule is c1ccc(C[C@@H]2NC[C@@]3(c4ccccc4)C[C@@H]2OC2=C3CCCC2)cc1. The second-order valence-electron chi connectivity index (χ2n) is 8.09. The molecule has 2 aliphatic heterocycles. The minimum atomic E-state index is 0.132. The van der Waals surface area contributed by atoms with Gasteiger partial charge in [0.25, 0.3) is 0 Å². The third kappa shape index (κ3) is 2.68. The lowest BCUT2D eigenvalue weighted by Crippen LogP contribution is -2.60. The average Bonchev–Trinajstić information content (AvgIpc) is 2.72. The van der Waals surface area contributed by atoms with Crippen molar-refractivity contribution in [2.24, 2.45) is 0 Å². The molecular formula is C24H27NO. The molecular weight excluding hydrogens is 318 g/mol. The summed E-state index contributed by atoms with van der Waals surface area (Å²) in [5.74, 6) is 1.32. The van der Waals surface area contributed by atoms with E-state index in [1.807, 2.05) is 0 Å². The standard InChI is InChI=1S/C24H27NO/c1-3-9-18(10-4-1)15-21-23-16-24(17-25-21,19-11-5-2-6-12-19)20-13-7-8-14-22(20)26-23/h1-6,9-12,21,23,25H,7-8,13-17H2/t21-,23-,24+/m0/s1. The molecule has 0 saturated carbocycles. The van der Waals surface area contributed by atoms with Crippen LogP contribution in [0.5, 0.6) is 0 Å². The smallest absolute Gasteiger partial charge is 0.115 e. The van der Waals surface area contributed by atoms with Gasteiger partial charge in [-0.15, -0.1) is 0 Å². The summed E-state index contributed by atoms with van der Waals surface area (Å²) in [7, 11) is 0. The summed E-state index contributed by atoms with van der Waals surface area (Å²) in [6.45, 7) is 1.03. The summed E-state index contributed by atoms with van der Waals surface area (Å²) in [6.07, 6.45) is 7.31. The Hall–Kier alpha value is -2.06. The largest absolute Gasteiger partial charge is 0.493 e. The third-order valence-corrected chi connectivity index (χ3v) is 6.58. The molecule has 2 nitrogen and oxygen atoms in total. The monoisotopic (exact) mass is 345 g/mol. The van der Waals surface area contributed by atoms with Crippen molar-refractivity contribution < 1.29 is 4.74 Å². The van der Waals surface area contributed by atoms with E-state index in [0.29, 0.717) is 6.04 Å². The number of allylic oxidation sites excluding steroid dienone is 1. The quantitative estimate of drug-likeness (QED) is 0.866. The number of nitrogens with one attached hydrogen (secondary N) is 1. The van der Waals surface area contributed by atoms with Gasteiger partial charge < -0.3 is 10.1 Å². The average molecular weight is 345 g/mol. The molecule has 0 aromatic heterocycles. The highest BCUT2D eigenvalue weighted by Crippen LogP contribution is 2.50. The summed E-state index contributed by atoms with van der Waals surface area (Å²) in [5, 5.41) is 3.88. The summed E-state index contributed by atoms with van der Waals surface area (Å²) in [6, 6.07) is 22.4. The first-order valence-electron chi connectivity index (χ1n) is 10.1. The van der Waals surface area contributed by atoms with Gasteiger partial charge in [-0.3, -0.25) is 0 Å². The third-order valence-electron chi connectivity index (χ3n) is 6.58.